The Kier molecular flexibility index (Phi) is 10.5. The largest absolute Gasteiger partial charge is 0.311 e. The number of hydrogen-bond donors (Lipinski definition) is 0. The Balaban J connectivity index is 1.15. The summed E-state index contributed by atoms with van der Waals surface area (Å²) in [6, 6.07) is 72.5. The Labute approximate surface area is 442 Å². The molecule has 0 spiro atoms. The van der Waals surface area contributed by atoms with Crippen LogP contribution in [-0.4, -0.2) is 6.71 Å². The maximum Gasteiger partial charge on any atom is 0.264 e. The molecule has 3 heterocycles. The summed E-state index contributed by atoms with van der Waals surface area (Å²) in [5.41, 5.74) is 20.1. The van der Waals surface area contributed by atoms with Crippen molar-refractivity contribution in [3.05, 3.63) is 210 Å². The number of thiophene rings is 1. The molecule has 362 valence electrons. The fourth-order valence-electron chi connectivity index (χ4n) is 12.3. The number of aryl methyl sites for hydroxylation is 1. The van der Waals surface area contributed by atoms with Gasteiger partial charge >= 0.3 is 0 Å². The molecule has 0 aliphatic carbocycles. The minimum atomic E-state index is -0.157. The molecule has 10 aromatic carbocycles. The van der Waals surface area contributed by atoms with Crippen LogP contribution in [-0.2, 0) is 22.7 Å². The molecule has 0 bridgehead atoms. The van der Waals surface area contributed by atoms with E-state index < -0.39 is 0 Å². The van der Waals surface area contributed by atoms with Gasteiger partial charge in [-0.2, -0.15) is 0 Å². The maximum atomic E-state index is 2.66. The van der Waals surface area contributed by atoms with Gasteiger partial charge in [-0.1, -0.05) is 197 Å². The summed E-state index contributed by atoms with van der Waals surface area (Å²) in [7, 11) is 0. The molecule has 0 radical (unpaired) electrons. The third-order valence-corrected chi connectivity index (χ3v) is 17.5. The molecule has 4 heteroatoms. The van der Waals surface area contributed by atoms with Crippen LogP contribution in [0.25, 0.3) is 64.7 Å². The van der Waals surface area contributed by atoms with E-state index in [0.29, 0.717) is 0 Å². The average Bonchev–Trinajstić information content (AvgIpc) is 3.78. The molecule has 0 amide bonds. The van der Waals surface area contributed by atoms with Gasteiger partial charge < -0.3 is 9.80 Å². The van der Waals surface area contributed by atoms with Crippen molar-refractivity contribution >= 4 is 110 Å². The zero-order valence-corrected chi connectivity index (χ0v) is 45.3. The van der Waals surface area contributed by atoms with Crippen LogP contribution in [0.3, 0.4) is 0 Å². The fourth-order valence-corrected chi connectivity index (χ4v) is 13.6. The Bertz CT molecular complexity index is 4030. The van der Waals surface area contributed by atoms with Crippen molar-refractivity contribution in [1.82, 2.24) is 0 Å². The molecule has 74 heavy (non-hydrogen) atoms. The highest BCUT2D eigenvalue weighted by molar-refractivity contribution is 7.33. The molecule has 2 nitrogen and oxygen atoms in total. The highest BCUT2D eigenvalue weighted by atomic mass is 32.1. The first kappa shape index (κ1) is 46.4. The van der Waals surface area contributed by atoms with Crippen LogP contribution >= 0.6 is 11.3 Å². The van der Waals surface area contributed by atoms with Crippen molar-refractivity contribution in [1.29, 1.82) is 0 Å². The van der Waals surface area contributed by atoms with Crippen molar-refractivity contribution in [2.24, 2.45) is 0 Å². The molecule has 0 atom stereocenters. The number of hydrogen-bond acceptors (Lipinski definition) is 3. The van der Waals surface area contributed by atoms with Gasteiger partial charge in [0.05, 0.1) is 11.4 Å². The van der Waals surface area contributed by atoms with Gasteiger partial charge in [0.15, 0.2) is 0 Å². The Morgan fingerprint density at radius 1 is 0.419 bits per heavy atom. The van der Waals surface area contributed by atoms with E-state index in [1.54, 1.807) is 0 Å². The summed E-state index contributed by atoms with van der Waals surface area (Å²) in [5, 5.41) is 9.03. The SMILES string of the molecule is CCc1ccc(N2c3cccc4c3B(c3cc(-c5ccccc5)c(C(C)(C)C)cc3N4c3ccc(C(C)(C)C)cc3-c3ccc4c5ccccc5c5ccccc5c4c3)c3sc4ccc(C(C)(C)C)cc4c32)cc1. The van der Waals surface area contributed by atoms with Crippen LogP contribution in [0.1, 0.15) is 91.5 Å². The molecule has 1 aromatic heterocycles. The summed E-state index contributed by atoms with van der Waals surface area (Å²) in [5.74, 6) is 0. The summed E-state index contributed by atoms with van der Waals surface area (Å²) in [4.78, 5) is 5.27. The summed E-state index contributed by atoms with van der Waals surface area (Å²) < 4.78 is 2.72. The van der Waals surface area contributed by atoms with Crippen LogP contribution in [0, 0.1) is 0 Å². The number of anilines is 6. The molecule has 0 saturated heterocycles. The first-order chi connectivity index (χ1) is 35.6. The van der Waals surface area contributed by atoms with E-state index >= 15 is 0 Å². The van der Waals surface area contributed by atoms with Gasteiger partial charge in [0, 0.05) is 43.2 Å². The highest BCUT2D eigenvalue weighted by Gasteiger charge is 2.46. The van der Waals surface area contributed by atoms with Gasteiger partial charge in [0.2, 0.25) is 0 Å². The molecule has 0 fully saturated rings. The van der Waals surface area contributed by atoms with Gasteiger partial charge in [0.1, 0.15) is 0 Å². The normalized spacial score (nSPS) is 13.5. The van der Waals surface area contributed by atoms with Crippen LogP contribution in [0.4, 0.5) is 34.1 Å². The fraction of sp³-hybridized carbons (Fsp3) is 0.200. The standard InChI is InChI=1S/C70H63BN2S/c1-11-43-28-33-48(34-29-43)72-61-26-19-27-62-65(61)71(67-66(72)57-40-47(69(5,6)7)32-37-64(57)74-67)59-41-54(44-20-13-12-14-21-44)58(70(8,9)10)42-63(59)73(62)60-36-31-46(68(2,3)4)39-55(60)45-30-35-53-51-24-16-15-22-49(51)50-23-17-18-25-52(50)56(53)38-45/h12-42H,11H2,1-10H3. The lowest BCUT2D eigenvalue weighted by Gasteiger charge is -2.44. The molecule has 2 aliphatic rings. The van der Waals surface area contributed by atoms with Gasteiger partial charge in [-0.3, -0.25) is 0 Å². The van der Waals surface area contributed by atoms with Crippen LogP contribution in [0.15, 0.2) is 188 Å². The molecular formula is C70H63BN2S. The van der Waals surface area contributed by atoms with Crippen LogP contribution in [0.5, 0.6) is 0 Å². The minimum absolute atomic E-state index is 0.00554. The van der Waals surface area contributed by atoms with Crippen molar-refractivity contribution < 1.29 is 0 Å². The number of fused-ring (bicyclic) bond motifs is 12. The molecule has 0 unspecified atom stereocenters. The van der Waals surface area contributed by atoms with E-state index in [9.17, 15) is 0 Å². The third-order valence-electron chi connectivity index (χ3n) is 16.2. The van der Waals surface area contributed by atoms with Crippen molar-refractivity contribution in [2.75, 3.05) is 9.80 Å². The zero-order valence-electron chi connectivity index (χ0n) is 44.5. The zero-order chi connectivity index (χ0) is 51.0. The number of nitrogens with zero attached hydrogens (tertiary/aromatic N) is 2. The lowest BCUT2D eigenvalue weighted by Crippen LogP contribution is -2.60. The quantitative estimate of drug-likeness (QED) is 0.125. The van der Waals surface area contributed by atoms with E-state index in [0.717, 1.165) is 6.42 Å². The predicted molar refractivity (Wildman–Crippen MR) is 325 cm³/mol. The second kappa shape index (κ2) is 16.8. The Hall–Kier alpha value is -7.40. The molecule has 0 saturated carbocycles. The molecule has 2 aliphatic heterocycles. The second-order valence-corrected chi connectivity index (χ2v) is 25.1. The van der Waals surface area contributed by atoms with Crippen LogP contribution in [0.2, 0.25) is 0 Å². The Morgan fingerprint density at radius 2 is 1.01 bits per heavy atom. The van der Waals surface area contributed by atoms with E-state index in [4.69, 9.17) is 0 Å². The van der Waals surface area contributed by atoms with E-state index in [1.165, 1.54) is 137 Å². The molecular weight excluding hydrogens is 912 g/mol. The summed E-state index contributed by atoms with van der Waals surface area (Å²) >= 11 is 1.98. The minimum Gasteiger partial charge on any atom is -0.311 e. The highest BCUT2D eigenvalue weighted by Crippen LogP contribution is 2.52. The van der Waals surface area contributed by atoms with Crippen molar-refractivity contribution in [3.63, 3.8) is 0 Å². The first-order valence-electron chi connectivity index (χ1n) is 26.7. The lowest BCUT2D eigenvalue weighted by molar-refractivity contribution is 0.590. The van der Waals surface area contributed by atoms with Gasteiger partial charge in [-0.25, -0.2) is 0 Å². The monoisotopic (exact) mass is 974 g/mol. The van der Waals surface area contributed by atoms with E-state index in [2.05, 4.69) is 267 Å². The number of benzene rings is 10. The summed E-state index contributed by atoms with van der Waals surface area (Å²) in [6.45, 7) is 23.4. The third kappa shape index (κ3) is 7.27. The van der Waals surface area contributed by atoms with Gasteiger partial charge in [0.25, 0.3) is 6.71 Å². The van der Waals surface area contributed by atoms with E-state index in [1.807, 2.05) is 11.3 Å². The predicted octanol–water partition coefficient (Wildman–Crippen LogP) is 18.2. The molecule has 11 aromatic rings. The average molecular weight is 975 g/mol. The van der Waals surface area contributed by atoms with Gasteiger partial charge in [-0.15, -0.1) is 11.3 Å². The van der Waals surface area contributed by atoms with Crippen molar-refractivity contribution in [2.45, 2.75) is 91.9 Å². The first-order valence-corrected chi connectivity index (χ1v) is 27.5. The van der Waals surface area contributed by atoms with E-state index in [-0.39, 0.29) is 23.0 Å². The molecule has 13 rings (SSSR count). The second-order valence-electron chi connectivity index (χ2n) is 24.0. The summed E-state index contributed by atoms with van der Waals surface area (Å²) in [6.07, 6.45) is 0.997. The van der Waals surface area contributed by atoms with Gasteiger partial charge in [-0.05, 0) is 166 Å². The van der Waals surface area contributed by atoms with Crippen LogP contribution < -0.4 is 25.5 Å². The topological polar surface area (TPSA) is 6.48 Å². The smallest absolute Gasteiger partial charge is 0.264 e. The molecule has 0 N–H and O–H groups in total. The van der Waals surface area contributed by atoms with Crippen molar-refractivity contribution in [3.8, 4) is 22.3 Å². The lowest BCUT2D eigenvalue weighted by atomic mass is 9.36. The Morgan fingerprint density at radius 3 is 1.65 bits per heavy atom. The number of rotatable bonds is 5. The maximum absolute atomic E-state index is 2.66.